The van der Waals surface area contributed by atoms with Gasteiger partial charge in [0.25, 0.3) is 0 Å². The number of aliphatic carboxylic acids is 1. The molecule has 1 rings (SSSR count). The Morgan fingerprint density at radius 2 is 2.14 bits per heavy atom. The molecule has 0 aromatic carbocycles. The quantitative estimate of drug-likeness (QED) is 0.647. The Morgan fingerprint density at radius 1 is 1.43 bits per heavy atom. The smallest absolute Gasteiger partial charge is 0.317 e. The molecular weight excluding hydrogens is 270 g/mol. The number of nitrogens with zero attached hydrogens (tertiary/aromatic N) is 2. The maximum absolute atomic E-state index is 12.1. The molecular formula is C15H25N3O3. The Kier molecular flexibility index (Phi) is 7.59. The van der Waals surface area contributed by atoms with Crippen LogP contribution < -0.4 is 5.32 Å². The van der Waals surface area contributed by atoms with E-state index in [9.17, 15) is 9.59 Å². The van der Waals surface area contributed by atoms with Gasteiger partial charge in [0.05, 0.1) is 12.5 Å². The van der Waals surface area contributed by atoms with Crippen molar-refractivity contribution in [2.75, 3.05) is 13.1 Å². The first kappa shape index (κ1) is 17.3. The van der Waals surface area contributed by atoms with Crippen molar-refractivity contribution in [2.24, 2.45) is 5.92 Å². The Hall–Kier alpha value is -1.77. The monoisotopic (exact) mass is 295 g/mol. The molecule has 0 heterocycles. The number of carboxylic acid groups (broad SMARTS) is 1. The van der Waals surface area contributed by atoms with Crippen LogP contribution in [0.4, 0.5) is 4.79 Å². The molecule has 0 aromatic rings. The van der Waals surface area contributed by atoms with E-state index < -0.39 is 5.97 Å². The summed E-state index contributed by atoms with van der Waals surface area (Å²) >= 11 is 0. The number of amides is 2. The van der Waals surface area contributed by atoms with Crippen molar-refractivity contribution in [3.05, 3.63) is 0 Å². The summed E-state index contributed by atoms with van der Waals surface area (Å²) in [7, 11) is 0. The van der Waals surface area contributed by atoms with Crippen molar-refractivity contribution in [3.63, 3.8) is 0 Å². The summed E-state index contributed by atoms with van der Waals surface area (Å²) in [5.41, 5.74) is 0. The zero-order valence-electron chi connectivity index (χ0n) is 12.7. The van der Waals surface area contributed by atoms with Crippen molar-refractivity contribution >= 4 is 12.0 Å². The molecule has 0 spiro atoms. The summed E-state index contributed by atoms with van der Waals surface area (Å²) in [6.07, 6.45) is 4.96. The lowest BCUT2D eigenvalue weighted by Crippen LogP contribution is -2.42. The van der Waals surface area contributed by atoms with Crippen LogP contribution >= 0.6 is 0 Å². The average Bonchev–Trinajstić information content (AvgIpc) is 3.27. The topological polar surface area (TPSA) is 93.4 Å². The maximum atomic E-state index is 12.1. The molecule has 6 nitrogen and oxygen atoms in total. The van der Waals surface area contributed by atoms with Crippen molar-refractivity contribution in [1.29, 1.82) is 5.26 Å². The van der Waals surface area contributed by atoms with Gasteiger partial charge in [-0.05, 0) is 31.6 Å². The van der Waals surface area contributed by atoms with Crippen LogP contribution in [0.15, 0.2) is 0 Å². The lowest BCUT2D eigenvalue weighted by Gasteiger charge is -2.22. The number of carbonyl (C=O) groups excluding carboxylic acids is 1. The molecule has 0 aliphatic heterocycles. The van der Waals surface area contributed by atoms with Crippen LogP contribution in [0.2, 0.25) is 0 Å². The number of rotatable bonds is 10. The van der Waals surface area contributed by atoms with E-state index >= 15 is 0 Å². The fourth-order valence-corrected chi connectivity index (χ4v) is 2.37. The van der Waals surface area contributed by atoms with Crippen LogP contribution in [0.1, 0.15) is 51.9 Å². The van der Waals surface area contributed by atoms with Crippen molar-refractivity contribution in [3.8, 4) is 6.07 Å². The fraction of sp³-hybridized carbons (Fsp3) is 0.800. The Labute approximate surface area is 126 Å². The standard InChI is InChI=1S/C15H25N3O3/c1-2-12(4-7-14(19)20)8-10-17-15(21)18(11-3-9-16)13-5-6-13/h12-13H,2-8,10-11H2,1H3,(H,17,21)(H,19,20). The molecule has 1 saturated carbocycles. The summed E-state index contributed by atoms with van der Waals surface area (Å²) < 4.78 is 0. The van der Waals surface area contributed by atoms with Gasteiger partial charge in [-0.25, -0.2) is 4.79 Å². The molecule has 1 aliphatic rings. The second-order valence-electron chi connectivity index (χ2n) is 5.56. The summed E-state index contributed by atoms with van der Waals surface area (Å²) in [6.45, 7) is 3.09. The molecule has 1 aliphatic carbocycles. The Bertz CT molecular complexity index is 388. The minimum Gasteiger partial charge on any atom is -0.481 e. The molecule has 2 amide bonds. The number of hydrogen-bond acceptors (Lipinski definition) is 3. The molecule has 0 saturated heterocycles. The number of nitriles is 1. The van der Waals surface area contributed by atoms with E-state index in [1.807, 2.05) is 6.92 Å². The molecule has 1 unspecified atom stereocenters. The molecule has 6 heteroatoms. The molecule has 118 valence electrons. The number of carbonyl (C=O) groups is 2. The zero-order chi connectivity index (χ0) is 15.7. The summed E-state index contributed by atoms with van der Waals surface area (Å²) in [6, 6.07) is 2.27. The highest BCUT2D eigenvalue weighted by Crippen LogP contribution is 2.26. The highest BCUT2D eigenvalue weighted by molar-refractivity contribution is 5.74. The van der Waals surface area contributed by atoms with Crippen molar-refractivity contribution < 1.29 is 14.7 Å². The Balaban J connectivity index is 2.26. The van der Waals surface area contributed by atoms with Crippen LogP contribution in [0.25, 0.3) is 0 Å². The van der Waals surface area contributed by atoms with Gasteiger partial charge in [-0.2, -0.15) is 5.26 Å². The van der Waals surface area contributed by atoms with Crippen LogP contribution in [0.5, 0.6) is 0 Å². The lowest BCUT2D eigenvalue weighted by molar-refractivity contribution is -0.137. The molecule has 0 aromatic heterocycles. The molecule has 21 heavy (non-hydrogen) atoms. The van der Waals surface area contributed by atoms with Crippen molar-refractivity contribution in [2.45, 2.75) is 57.9 Å². The highest BCUT2D eigenvalue weighted by Gasteiger charge is 2.32. The second-order valence-corrected chi connectivity index (χ2v) is 5.56. The van der Waals surface area contributed by atoms with Gasteiger partial charge in [0.2, 0.25) is 0 Å². The number of hydrogen-bond donors (Lipinski definition) is 2. The number of carboxylic acids is 1. The fourth-order valence-electron chi connectivity index (χ4n) is 2.37. The summed E-state index contributed by atoms with van der Waals surface area (Å²) in [4.78, 5) is 24.4. The SMILES string of the molecule is CCC(CCNC(=O)N(CCC#N)C1CC1)CCC(=O)O. The minimum absolute atomic E-state index is 0.0964. The Morgan fingerprint density at radius 3 is 2.67 bits per heavy atom. The lowest BCUT2D eigenvalue weighted by atomic mass is 9.97. The number of urea groups is 1. The second kappa shape index (κ2) is 9.22. The summed E-state index contributed by atoms with van der Waals surface area (Å²) in [5, 5.41) is 20.2. The van der Waals surface area contributed by atoms with Crippen LogP contribution in [0, 0.1) is 17.2 Å². The van der Waals surface area contributed by atoms with Gasteiger partial charge in [0.1, 0.15) is 0 Å². The third-order valence-electron chi connectivity index (χ3n) is 3.89. The highest BCUT2D eigenvalue weighted by atomic mass is 16.4. The van der Waals surface area contributed by atoms with Gasteiger partial charge >= 0.3 is 12.0 Å². The minimum atomic E-state index is -0.770. The average molecular weight is 295 g/mol. The molecule has 2 N–H and O–H groups in total. The van der Waals surface area contributed by atoms with Crippen LogP contribution in [-0.4, -0.2) is 41.1 Å². The van der Waals surface area contributed by atoms with E-state index in [4.69, 9.17) is 10.4 Å². The van der Waals surface area contributed by atoms with Crippen LogP contribution in [-0.2, 0) is 4.79 Å². The molecule has 1 atom stereocenters. The normalized spacial score (nSPS) is 15.0. The van der Waals surface area contributed by atoms with E-state index in [-0.39, 0.29) is 12.5 Å². The molecule has 1 fully saturated rings. The van der Waals surface area contributed by atoms with E-state index in [0.717, 1.165) is 25.7 Å². The first-order valence-electron chi connectivity index (χ1n) is 7.71. The van der Waals surface area contributed by atoms with Gasteiger partial charge in [-0.1, -0.05) is 13.3 Å². The van der Waals surface area contributed by atoms with E-state index in [1.54, 1.807) is 4.90 Å². The van der Waals surface area contributed by atoms with Crippen molar-refractivity contribution in [1.82, 2.24) is 10.2 Å². The maximum Gasteiger partial charge on any atom is 0.317 e. The third-order valence-corrected chi connectivity index (χ3v) is 3.89. The predicted octanol–water partition coefficient (Wildman–Crippen LogP) is 2.36. The molecule has 0 radical (unpaired) electrons. The summed E-state index contributed by atoms with van der Waals surface area (Å²) in [5.74, 6) is -0.441. The van der Waals surface area contributed by atoms with E-state index in [2.05, 4.69) is 11.4 Å². The van der Waals surface area contributed by atoms with E-state index in [1.165, 1.54) is 0 Å². The third kappa shape index (κ3) is 6.98. The van der Waals surface area contributed by atoms with Gasteiger partial charge < -0.3 is 15.3 Å². The van der Waals surface area contributed by atoms with Gasteiger partial charge in [0.15, 0.2) is 0 Å². The predicted molar refractivity (Wildman–Crippen MR) is 78.6 cm³/mol. The van der Waals surface area contributed by atoms with Gasteiger partial charge in [-0.3, -0.25) is 4.79 Å². The zero-order valence-corrected chi connectivity index (χ0v) is 12.7. The van der Waals surface area contributed by atoms with E-state index in [0.29, 0.717) is 37.9 Å². The van der Waals surface area contributed by atoms with Crippen LogP contribution in [0.3, 0.4) is 0 Å². The molecule has 0 bridgehead atoms. The largest absolute Gasteiger partial charge is 0.481 e. The first-order valence-corrected chi connectivity index (χ1v) is 7.71. The number of nitrogens with one attached hydrogen (secondary N) is 1. The van der Waals surface area contributed by atoms with Gasteiger partial charge in [0, 0.05) is 25.6 Å². The first-order chi connectivity index (χ1) is 10.1. The van der Waals surface area contributed by atoms with Gasteiger partial charge in [-0.15, -0.1) is 0 Å².